The van der Waals surface area contributed by atoms with E-state index in [4.69, 9.17) is 0 Å². The van der Waals surface area contributed by atoms with E-state index in [1.54, 1.807) is 12.1 Å². The van der Waals surface area contributed by atoms with Crippen molar-refractivity contribution in [3.05, 3.63) is 29.6 Å². The van der Waals surface area contributed by atoms with Crippen LogP contribution < -0.4 is 10.2 Å². The van der Waals surface area contributed by atoms with Gasteiger partial charge >= 0.3 is 0 Å². The number of halogens is 1. The minimum absolute atomic E-state index is 0.135. The highest BCUT2D eigenvalue weighted by molar-refractivity contribution is 5.54. The average Bonchev–Trinajstić information content (AvgIpc) is 2.37. The summed E-state index contributed by atoms with van der Waals surface area (Å²) < 4.78 is 13.4. The Kier molecular flexibility index (Phi) is 5.64. The van der Waals surface area contributed by atoms with Crippen molar-refractivity contribution in [2.45, 2.75) is 45.6 Å². The Balaban J connectivity index is 2.15. The highest BCUT2D eigenvalue weighted by Gasteiger charge is 2.13. The van der Waals surface area contributed by atoms with E-state index >= 15 is 0 Å². The zero-order chi connectivity index (χ0) is 13.5. The van der Waals surface area contributed by atoms with Crippen LogP contribution in [-0.2, 0) is 6.54 Å². The Morgan fingerprint density at radius 1 is 1.11 bits per heavy atom. The van der Waals surface area contributed by atoms with Gasteiger partial charge in [0.25, 0.3) is 0 Å². The van der Waals surface area contributed by atoms with E-state index in [9.17, 15) is 4.39 Å². The molecule has 0 aliphatic carbocycles. The molecule has 0 spiro atoms. The molecule has 0 aromatic heterocycles. The molecule has 0 amide bonds. The maximum atomic E-state index is 13.4. The third-order valence-corrected chi connectivity index (χ3v) is 3.80. The van der Waals surface area contributed by atoms with Crippen molar-refractivity contribution in [3.8, 4) is 0 Å². The van der Waals surface area contributed by atoms with Crippen LogP contribution in [0.5, 0.6) is 0 Å². The van der Waals surface area contributed by atoms with Gasteiger partial charge in [-0.25, -0.2) is 4.39 Å². The summed E-state index contributed by atoms with van der Waals surface area (Å²) >= 11 is 0. The van der Waals surface area contributed by atoms with Crippen LogP contribution in [0.3, 0.4) is 0 Å². The second-order valence-electron chi connectivity index (χ2n) is 5.31. The van der Waals surface area contributed by atoms with Crippen molar-refractivity contribution in [1.82, 2.24) is 5.32 Å². The summed E-state index contributed by atoms with van der Waals surface area (Å²) in [5.41, 5.74) is 2.30. The Morgan fingerprint density at radius 3 is 2.47 bits per heavy atom. The van der Waals surface area contributed by atoms with Gasteiger partial charge in [0.2, 0.25) is 0 Å². The molecule has 0 atom stereocenters. The molecular weight excluding hydrogens is 239 g/mol. The lowest BCUT2D eigenvalue weighted by Gasteiger charge is -2.29. The standard InChI is InChI=1S/C16H25FN2/c1-2-18-13-14-12-15(17)8-9-16(14)19-10-6-4-3-5-7-11-19/h8-9,12,18H,2-7,10-11,13H2,1H3. The quantitative estimate of drug-likeness (QED) is 0.892. The summed E-state index contributed by atoms with van der Waals surface area (Å²) in [6, 6.07) is 5.21. The van der Waals surface area contributed by atoms with Crippen LogP contribution >= 0.6 is 0 Å². The zero-order valence-electron chi connectivity index (χ0n) is 11.9. The molecule has 0 radical (unpaired) electrons. The van der Waals surface area contributed by atoms with Crippen LogP contribution in [0, 0.1) is 5.82 Å². The highest BCUT2D eigenvalue weighted by atomic mass is 19.1. The minimum atomic E-state index is -0.135. The second kappa shape index (κ2) is 7.49. The van der Waals surface area contributed by atoms with Crippen LogP contribution in [0.1, 0.15) is 44.6 Å². The maximum Gasteiger partial charge on any atom is 0.123 e. The Hall–Kier alpha value is -1.09. The van der Waals surface area contributed by atoms with E-state index < -0.39 is 0 Å². The van der Waals surface area contributed by atoms with Crippen LogP contribution in [0.15, 0.2) is 18.2 Å². The molecule has 1 aromatic carbocycles. The van der Waals surface area contributed by atoms with E-state index in [-0.39, 0.29) is 5.82 Å². The van der Waals surface area contributed by atoms with Gasteiger partial charge in [0.15, 0.2) is 0 Å². The predicted molar refractivity (Wildman–Crippen MR) is 79.1 cm³/mol. The van der Waals surface area contributed by atoms with Gasteiger partial charge in [-0.15, -0.1) is 0 Å². The molecule has 1 aliphatic heterocycles. The number of nitrogens with zero attached hydrogens (tertiary/aromatic N) is 1. The van der Waals surface area contributed by atoms with Gasteiger partial charge in [0, 0.05) is 25.3 Å². The normalized spacial score (nSPS) is 17.1. The first-order chi connectivity index (χ1) is 9.31. The molecule has 0 saturated carbocycles. The van der Waals surface area contributed by atoms with E-state index in [0.29, 0.717) is 0 Å². The Bertz CT molecular complexity index is 384. The lowest BCUT2D eigenvalue weighted by atomic mass is 10.1. The second-order valence-corrected chi connectivity index (χ2v) is 5.31. The molecule has 0 unspecified atom stereocenters. The van der Waals surface area contributed by atoms with Gasteiger partial charge < -0.3 is 10.2 Å². The Labute approximate surface area is 116 Å². The van der Waals surface area contributed by atoms with Crippen LogP contribution in [0.2, 0.25) is 0 Å². The van der Waals surface area contributed by atoms with Crippen LogP contribution in [0.4, 0.5) is 10.1 Å². The monoisotopic (exact) mass is 264 g/mol. The first-order valence-electron chi connectivity index (χ1n) is 7.55. The van der Waals surface area contributed by atoms with Gasteiger partial charge in [0.1, 0.15) is 5.82 Å². The van der Waals surface area contributed by atoms with Crippen molar-refractivity contribution in [3.63, 3.8) is 0 Å². The van der Waals surface area contributed by atoms with E-state index in [1.807, 2.05) is 6.07 Å². The van der Waals surface area contributed by atoms with E-state index in [1.165, 1.54) is 37.8 Å². The number of hydrogen-bond acceptors (Lipinski definition) is 2. The molecule has 1 N–H and O–H groups in total. The lowest BCUT2D eigenvalue weighted by molar-refractivity contribution is 0.554. The molecule has 106 valence electrons. The number of benzene rings is 1. The van der Waals surface area contributed by atoms with Crippen molar-refractivity contribution in [1.29, 1.82) is 0 Å². The summed E-state index contributed by atoms with van der Waals surface area (Å²) in [5, 5.41) is 3.31. The van der Waals surface area contributed by atoms with Crippen LogP contribution in [-0.4, -0.2) is 19.6 Å². The molecule has 2 rings (SSSR count). The molecule has 1 aliphatic rings. The smallest absolute Gasteiger partial charge is 0.123 e. The Morgan fingerprint density at radius 2 is 1.79 bits per heavy atom. The average molecular weight is 264 g/mol. The molecule has 1 saturated heterocycles. The minimum Gasteiger partial charge on any atom is -0.371 e. The molecule has 19 heavy (non-hydrogen) atoms. The fourth-order valence-corrected chi connectivity index (χ4v) is 2.75. The molecule has 2 nitrogen and oxygen atoms in total. The summed E-state index contributed by atoms with van der Waals surface area (Å²) in [6.07, 6.45) is 6.50. The SMILES string of the molecule is CCNCc1cc(F)ccc1N1CCCCCCC1. The number of anilines is 1. The maximum absolute atomic E-state index is 13.4. The van der Waals surface area contributed by atoms with Crippen molar-refractivity contribution < 1.29 is 4.39 Å². The highest BCUT2D eigenvalue weighted by Crippen LogP contribution is 2.24. The van der Waals surface area contributed by atoms with Gasteiger partial charge in [-0.3, -0.25) is 0 Å². The van der Waals surface area contributed by atoms with Crippen molar-refractivity contribution in [2.75, 3.05) is 24.5 Å². The molecule has 0 bridgehead atoms. The summed E-state index contributed by atoms with van der Waals surface area (Å²) in [4.78, 5) is 2.44. The summed E-state index contributed by atoms with van der Waals surface area (Å²) in [6.45, 7) is 5.95. The summed E-state index contributed by atoms with van der Waals surface area (Å²) in [7, 11) is 0. The number of hydrogen-bond donors (Lipinski definition) is 1. The van der Waals surface area contributed by atoms with E-state index in [2.05, 4.69) is 17.1 Å². The largest absolute Gasteiger partial charge is 0.371 e. The molecule has 3 heteroatoms. The molecule has 1 heterocycles. The third kappa shape index (κ3) is 4.20. The summed E-state index contributed by atoms with van der Waals surface area (Å²) in [5.74, 6) is -0.135. The number of nitrogens with one attached hydrogen (secondary N) is 1. The first kappa shape index (κ1) is 14.3. The molecule has 1 fully saturated rings. The molecular formula is C16H25FN2. The van der Waals surface area contributed by atoms with E-state index in [0.717, 1.165) is 31.7 Å². The topological polar surface area (TPSA) is 15.3 Å². The fourth-order valence-electron chi connectivity index (χ4n) is 2.75. The van der Waals surface area contributed by atoms with Crippen molar-refractivity contribution in [2.24, 2.45) is 0 Å². The molecule has 1 aromatic rings. The van der Waals surface area contributed by atoms with Gasteiger partial charge in [-0.05, 0) is 43.1 Å². The first-order valence-corrected chi connectivity index (χ1v) is 7.55. The predicted octanol–water partition coefficient (Wildman–Crippen LogP) is 3.71. The number of rotatable bonds is 4. The van der Waals surface area contributed by atoms with Gasteiger partial charge in [-0.2, -0.15) is 0 Å². The van der Waals surface area contributed by atoms with Crippen molar-refractivity contribution >= 4 is 5.69 Å². The lowest BCUT2D eigenvalue weighted by Crippen LogP contribution is -2.28. The fraction of sp³-hybridized carbons (Fsp3) is 0.625. The van der Waals surface area contributed by atoms with Crippen LogP contribution in [0.25, 0.3) is 0 Å². The van der Waals surface area contributed by atoms with Gasteiger partial charge in [-0.1, -0.05) is 26.2 Å². The third-order valence-electron chi connectivity index (χ3n) is 3.80. The van der Waals surface area contributed by atoms with Gasteiger partial charge in [0.05, 0.1) is 0 Å². The zero-order valence-corrected chi connectivity index (χ0v) is 11.9.